The van der Waals surface area contributed by atoms with Gasteiger partial charge >= 0.3 is 0 Å². The third-order valence-electron chi connectivity index (χ3n) is 2.73. The van der Waals surface area contributed by atoms with Crippen molar-refractivity contribution in [1.29, 1.82) is 0 Å². The second-order valence-electron chi connectivity index (χ2n) is 5.28. The van der Waals surface area contributed by atoms with Crippen LogP contribution in [0.4, 0.5) is 11.9 Å². The fourth-order valence-corrected chi connectivity index (χ4v) is 1.59. The Bertz CT molecular complexity index is 368. The lowest BCUT2D eigenvalue weighted by Gasteiger charge is -2.17. The van der Waals surface area contributed by atoms with Gasteiger partial charge in [0.2, 0.25) is 11.9 Å². The first-order chi connectivity index (χ1) is 8.93. The Morgan fingerprint density at radius 1 is 1.16 bits per heavy atom. The highest BCUT2D eigenvalue weighted by Crippen LogP contribution is 2.15. The van der Waals surface area contributed by atoms with E-state index in [0.717, 1.165) is 18.7 Å². The van der Waals surface area contributed by atoms with Crippen LogP contribution in [-0.4, -0.2) is 46.8 Å². The van der Waals surface area contributed by atoms with Crippen molar-refractivity contribution in [1.82, 2.24) is 15.0 Å². The number of hydrogen-bond acceptors (Lipinski definition) is 6. The van der Waals surface area contributed by atoms with Crippen LogP contribution in [0.1, 0.15) is 45.4 Å². The molecule has 0 amide bonds. The largest absolute Gasteiger partial charge is 0.396 e. The van der Waals surface area contributed by atoms with E-state index in [0.29, 0.717) is 11.9 Å². The third-order valence-corrected chi connectivity index (χ3v) is 2.73. The van der Waals surface area contributed by atoms with Gasteiger partial charge in [-0.05, 0) is 19.8 Å². The van der Waals surface area contributed by atoms with E-state index < -0.39 is 0 Å². The summed E-state index contributed by atoms with van der Waals surface area (Å²) in [5, 5.41) is 12.1. The van der Waals surface area contributed by atoms with Gasteiger partial charge in [-0.3, -0.25) is 0 Å². The molecule has 0 spiro atoms. The molecule has 0 fully saturated rings. The van der Waals surface area contributed by atoms with Crippen molar-refractivity contribution in [3.63, 3.8) is 0 Å². The van der Waals surface area contributed by atoms with Gasteiger partial charge in [0.15, 0.2) is 0 Å². The number of aromatic nitrogens is 3. The van der Waals surface area contributed by atoms with Crippen molar-refractivity contribution in [3.8, 4) is 0 Å². The molecule has 1 heterocycles. The molecule has 0 aliphatic carbocycles. The van der Waals surface area contributed by atoms with Crippen molar-refractivity contribution >= 4 is 11.9 Å². The summed E-state index contributed by atoms with van der Waals surface area (Å²) in [6.07, 6.45) is 1.66. The number of nitrogens with zero attached hydrogens (tertiary/aromatic N) is 4. The fraction of sp³-hybridized carbons (Fsp3) is 0.769. The zero-order valence-electron chi connectivity index (χ0n) is 12.5. The van der Waals surface area contributed by atoms with E-state index in [9.17, 15) is 0 Å². The molecule has 1 aromatic rings. The molecule has 0 radical (unpaired) electrons. The second-order valence-corrected chi connectivity index (χ2v) is 5.28. The van der Waals surface area contributed by atoms with Gasteiger partial charge < -0.3 is 15.3 Å². The highest BCUT2D eigenvalue weighted by molar-refractivity contribution is 5.36. The molecule has 1 rings (SSSR count). The lowest BCUT2D eigenvalue weighted by Crippen LogP contribution is -2.21. The van der Waals surface area contributed by atoms with Crippen LogP contribution in [0.5, 0.6) is 0 Å². The lowest BCUT2D eigenvalue weighted by molar-refractivity contribution is 0.282. The molecule has 2 N–H and O–H groups in total. The van der Waals surface area contributed by atoms with Crippen LogP contribution in [0.15, 0.2) is 0 Å². The van der Waals surface area contributed by atoms with Crippen LogP contribution in [0.2, 0.25) is 0 Å². The van der Waals surface area contributed by atoms with Crippen LogP contribution in [-0.2, 0) is 0 Å². The average molecular weight is 267 g/mol. The first-order valence-electron chi connectivity index (χ1n) is 6.74. The zero-order valence-corrected chi connectivity index (χ0v) is 12.5. The van der Waals surface area contributed by atoms with Crippen molar-refractivity contribution in [2.75, 3.05) is 30.9 Å². The SMILES string of the molecule is CC(CCCO)Nc1nc(C(C)C)nc(N(C)C)n1. The van der Waals surface area contributed by atoms with E-state index >= 15 is 0 Å². The van der Waals surface area contributed by atoms with Crippen LogP contribution in [0.25, 0.3) is 0 Å². The summed E-state index contributed by atoms with van der Waals surface area (Å²) in [5.41, 5.74) is 0. The maximum atomic E-state index is 8.84. The zero-order chi connectivity index (χ0) is 14.4. The van der Waals surface area contributed by atoms with E-state index in [1.165, 1.54) is 0 Å². The molecule has 1 aromatic heterocycles. The lowest BCUT2D eigenvalue weighted by atomic mass is 10.2. The monoisotopic (exact) mass is 267 g/mol. The molecule has 0 bridgehead atoms. The molecular weight excluding hydrogens is 242 g/mol. The Morgan fingerprint density at radius 3 is 2.37 bits per heavy atom. The van der Waals surface area contributed by atoms with Gasteiger partial charge in [0, 0.05) is 32.7 Å². The molecule has 0 saturated heterocycles. The highest BCUT2D eigenvalue weighted by atomic mass is 16.2. The fourth-order valence-electron chi connectivity index (χ4n) is 1.59. The third kappa shape index (κ3) is 4.98. The molecule has 6 nitrogen and oxygen atoms in total. The van der Waals surface area contributed by atoms with E-state index in [-0.39, 0.29) is 18.6 Å². The summed E-state index contributed by atoms with van der Waals surface area (Å²) in [7, 11) is 3.83. The molecule has 1 atom stereocenters. The van der Waals surface area contributed by atoms with Crippen LogP contribution in [0.3, 0.4) is 0 Å². The number of nitrogens with one attached hydrogen (secondary N) is 1. The van der Waals surface area contributed by atoms with Gasteiger partial charge in [-0.15, -0.1) is 0 Å². The summed E-state index contributed by atoms with van der Waals surface area (Å²) in [4.78, 5) is 15.1. The Balaban J connectivity index is 2.87. The summed E-state index contributed by atoms with van der Waals surface area (Å²) in [6.45, 7) is 6.40. The number of hydrogen-bond donors (Lipinski definition) is 2. The number of aliphatic hydroxyl groups excluding tert-OH is 1. The predicted molar refractivity (Wildman–Crippen MR) is 77.6 cm³/mol. The Morgan fingerprint density at radius 2 is 1.84 bits per heavy atom. The van der Waals surface area contributed by atoms with Crippen molar-refractivity contribution in [3.05, 3.63) is 5.82 Å². The molecular formula is C13H25N5O. The van der Waals surface area contributed by atoms with Gasteiger partial charge in [-0.2, -0.15) is 15.0 Å². The Labute approximate surface area is 115 Å². The minimum absolute atomic E-state index is 0.212. The smallest absolute Gasteiger partial charge is 0.229 e. The molecule has 0 aliphatic rings. The average Bonchev–Trinajstić information content (AvgIpc) is 2.35. The molecule has 6 heteroatoms. The normalized spacial score (nSPS) is 12.6. The molecule has 1 unspecified atom stereocenters. The van der Waals surface area contributed by atoms with Gasteiger partial charge in [-0.25, -0.2) is 0 Å². The van der Waals surface area contributed by atoms with E-state index in [4.69, 9.17) is 5.11 Å². The topological polar surface area (TPSA) is 74.2 Å². The summed E-state index contributed by atoms with van der Waals surface area (Å²) < 4.78 is 0. The first kappa shape index (κ1) is 15.6. The highest BCUT2D eigenvalue weighted by Gasteiger charge is 2.12. The van der Waals surface area contributed by atoms with E-state index in [1.54, 1.807) is 0 Å². The molecule has 0 saturated carbocycles. The molecule has 19 heavy (non-hydrogen) atoms. The Kier molecular flexibility index (Phi) is 5.95. The van der Waals surface area contributed by atoms with Crippen LogP contribution >= 0.6 is 0 Å². The number of aliphatic hydroxyl groups is 1. The summed E-state index contributed by atoms with van der Waals surface area (Å²) in [5.74, 6) is 2.31. The minimum Gasteiger partial charge on any atom is -0.396 e. The maximum Gasteiger partial charge on any atom is 0.229 e. The van der Waals surface area contributed by atoms with E-state index in [2.05, 4.69) is 41.0 Å². The first-order valence-corrected chi connectivity index (χ1v) is 6.74. The maximum absolute atomic E-state index is 8.84. The van der Waals surface area contributed by atoms with Gasteiger partial charge in [0.1, 0.15) is 5.82 Å². The number of anilines is 2. The van der Waals surface area contributed by atoms with Crippen molar-refractivity contribution in [2.45, 2.75) is 45.6 Å². The summed E-state index contributed by atoms with van der Waals surface area (Å²) in [6, 6.07) is 0.226. The van der Waals surface area contributed by atoms with Gasteiger partial charge in [0.25, 0.3) is 0 Å². The molecule has 0 aliphatic heterocycles. The predicted octanol–water partition coefficient (Wildman–Crippen LogP) is 1.63. The minimum atomic E-state index is 0.212. The van der Waals surface area contributed by atoms with E-state index in [1.807, 2.05) is 19.0 Å². The quantitative estimate of drug-likeness (QED) is 0.782. The second kappa shape index (κ2) is 7.23. The van der Waals surface area contributed by atoms with Gasteiger partial charge in [-0.1, -0.05) is 13.8 Å². The van der Waals surface area contributed by atoms with Crippen LogP contribution in [0, 0.1) is 0 Å². The van der Waals surface area contributed by atoms with Crippen molar-refractivity contribution < 1.29 is 5.11 Å². The van der Waals surface area contributed by atoms with Crippen molar-refractivity contribution in [2.24, 2.45) is 0 Å². The van der Waals surface area contributed by atoms with Crippen LogP contribution < -0.4 is 10.2 Å². The molecule has 0 aromatic carbocycles. The number of rotatable bonds is 7. The Hall–Kier alpha value is -1.43. The molecule has 108 valence electrons. The summed E-state index contributed by atoms with van der Waals surface area (Å²) >= 11 is 0. The van der Waals surface area contributed by atoms with Gasteiger partial charge in [0.05, 0.1) is 0 Å². The standard InChI is InChI=1S/C13H25N5O/c1-9(2)11-15-12(14-10(3)7-6-8-19)17-13(16-11)18(4)5/h9-10,19H,6-8H2,1-5H3,(H,14,15,16,17).